The predicted molar refractivity (Wildman–Crippen MR) is 70.8 cm³/mol. The van der Waals surface area contributed by atoms with Crippen molar-refractivity contribution in [3.8, 4) is 0 Å². The van der Waals surface area contributed by atoms with Gasteiger partial charge in [0.2, 0.25) is 0 Å². The van der Waals surface area contributed by atoms with E-state index in [1.165, 1.54) is 0 Å². The standard InChI is InChI=1S/C11H22N4O5/c1-2-3-4-13-10(12)15-11(19)14-9-8(18)7(17)6(5-16)20-9/h6-9,16-18H,2-5H2,1H3,(H4,12,13,14,15,19)/t6-,7-,8-,9-/m1/s1. The van der Waals surface area contributed by atoms with E-state index in [-0.39, 0.29) is 5.96 Å². The number of urea groups is 1. The average Bonchev–Trinajstić information content (AvgIpc) is 2.66. The van der Waals surface area contributed by atoms with Crippen molar-refractivity contribution in [2.75, 3.05) is 13.2 Å². The lowest BCUT2D eigenvalue weighted by atomic mass is 10.1. The Morgan fingerprint density at radius 1 is 1.40 bits per heavy atom. The summed E-state index contributed by atoms with van der Waals surface area (Å²) >= 11 is 0. The Morgan fingerprint density at radius 3 is 2.65 bits per heavy atom. The van der Waals surface area contributed by atoms with Gasteiger partial charge in [-0.25, -0.2) is 4.79 Å². The maximum Gasteiger partial charge on any atom is 0.323 e. The monoisotopic (exact) mass is 290 g/mol. The molecule has 0 spiro atoms. The molecule has 1 rings (SSSR count). The summed E-state index contributed by atoms with van der Waals surface area (Å²) in [5.74, 6) is -0.0392. The van der Waals surface area contributed by atoms with Crippen LogP contribution in [0, 0.1) is 0 Å². The zero-order valence-electron chi connectivity index (χ0n) is 11.3. The number of nitrogens with one attached hydrogen (secondary N) is 2. The van der Waals surface area contributed by atoms with E-state index in [9.17, 15) is 15.0 Å². The highest BCUT2D eigenvalue weighted by molar-refractivity contribution is 5.95. The number of rotatable bonds is 5. The number of nitrogens with two attached hydrogens (primary N) is 1. The first-order valence-corrected chi connectivity index (χ1v) is 6.49. The Balaban J connectivity index is 2.41. The van der Waals surface area contributed by atoms with Crippen molar-refractivity contribution in [1.82, 2.24) is 10.6 Å². The fourth-order valence-electron chi connectivity index (χ4n) is 1.70. The number of carbonyl (C=O) groups is 1. The molecule has 0 aromatic rings. The van der Waals surface area contributed by atoms with Gasteiger partial charge in [-0.2, -0.15) is 0 Å². The van der Waals surface area contributed by atoms with Crippen LogP contribution in [0.5, 0.6) is 0 Å². The number of nitrogens with zero attached hydrogens (tertiary/aromatic N) is 1. The molecule has 9 heteroatoms. The van der Waals surface area contributed by atoms with Gasteiger partial charge >= 0.3 is 6.03 Å². The van der Waals surface area contributed by atoms with Crippen molar-refractivity contribution in [1.29, 1.82) is 0 Å². The molecule has 1 heterocycles. The van der Waals surface area contributed by atoms with Gasteiger partial charge in [-0.1, -0.05) is 13.3 Å². The van der Waals surface area contributed by atoms with Gasteiger partial charge in [-0.05, 0) is 6.42 Å². The summed E-state index contributed by atoms with van der Waals surface area (Å²) in [5.41, 5.74) is 5.49. The van der Waals surface area contributed by atoms with E-state index in [2.05, 4.69) is 15.6 Å². The van der Waals surface area contributed by atoms with Gasteiger partial charge in [0.25, 0.3) is 0 Å². The van der Waals surface area contributed by atoms with Crippen LogP contribution in [0.15, 0.2) is 4.99 Å². The Hall–Kier alpha value is -1.42. The van der Waals surface area contributed by atoms with E-state index in [0.29, 0.717) is 6.54 Å². The zero-order valence-corrected chi connectivity index (χ0v) is 11.3. The number of hydrogen-bond donors (Lipinski definition) is 6. The molecule has 0 unspecified atom stereocenters. The number of aliphatic hydroxyl groups excluding tert-OH is 3. The van der Waals surface area contributed by atoms with Crippen LogP contribution in [0.2, 0.25) is 0 Å². The van der Waals surface area contributed by atoms with Crippen LogP contribution in [0.3, 0.4) is 0 Å². The van der Waals surface area contributed by atoms with Crippen LogP contribution in [-0.2, 0) is 4.74 Å². The van der Waals surface area contributed by atoms with Crippen molar-refractivity contribution >= 4 is 12.0 Å². The summed E-state index contributed by atoms with van der Waals surface area (Å²) in [6, 6.07) is -0.711. The van der Waals surface area contributed by atoms with Crippen LogP contribution in [0.4, 0.5) is 4.79 Å². The van der Waals surface area contributed by atoms with E-state index in [0.717, 1.165) is 12.8 Å². The van der Waals surface area contributed by atoms with E-state index in [1.54, 1.807) is 0 Å². The molecule has 1 aliphatic heterocycles. The van der Waals surface area contributed by atoms with Gasteiger partial charge in [0, 0.05) is 6.54 Å². The van der Waals surface area contributed by atoms with Gasteiger partial charge in [-0.3, -0.25) is 10.3 Å². The lowest BCUT2D eigenvalue weighted by Gasteiger charge is -2.16. The SMILES string of the molecule is CCCCN=C(N)NC(=O)N[C@@H]1O[C@H](CO)[C@@H](O)[C@H]1O. The molecule has 1 fully saturated rings. The van der Waals surface area contributed by atoms with Gasteiger partial charge < -0.3 is 31.1 Å². The van der Waals surface area contributed by atoms with Crippen LogP contribution in [0.1, 0.15) is 19.8 Å². The lowest BCUT2D eigenvalue weighted by molar-refractivity contribution is -0.0283. The van der Waals surface area contributed by atoms with Gasteiger partial charge in [0.05, 0.1) is 6.61 Å². The maximum absolute atomic E-state index is 11.6. The molecule has 0 aromatic carbocycles. The van der Waals surface area contributed by atoms with Crippen LogP contribution >= 0.6 is 0 Å². The molecule has 7 N–H and O–H groups in total. The Kier molecular flexibility index (Phi) is 6.65. The molecule has 2 amide bonds. The molecule has 0 aliphatic carbocycles. The quantitative estimate of drug-likeness (QED) is 0.193. The largest absolute Gasteiger partial charge is 0.394 e. The Morgan fingerprint density at radius 2 is 2.10 bits per heavy atom. The minimum Gasteiger partial charge on any atom is -0.394 e. The van der Waals surface area contributed by atoms with Crippen molar-refractivity contribution in [2.24, 2.45) is 10.7 Å². The minimum atomic E-state index is -1.32. The highest BCUT2D eigenvalue weighted by atomic mass is 16.6. The van der Waals surface area contributed by atoms with Gasteiger partial charge in [0.15, 0.2) is 12.2 Å². The fourth-order valence-corrected chi connectivity index (χ4v) is 1.70. The third-order valence-electron chi connectivity index (χ3n) is 2.85. The van der Waals surface area contributed by atoms with Crippen molar-refractivity contribution in [3.63, 3.8) is 0 Å². The summed E-state index contributed by atoms with van der Waals surface area (Å²) < 4.78 is 5.08. The second-order valence-electron chi connectivity index (χ2n) is 4.48. The number of aliphatic imine (C=N–C) groups is 1. The van der Waals surface area contributed by atoms with E-state index in [1.807, 2.05) is 6.92 Å². The highest BCUT2D eigenvalue weighted by Crippen LogP contribution is 2.18. The number of unbranched alkanes of at least 4 members (excludes halogenated alkanes) is 1. The van der Waals surface area contributed by atoms with Crippen LogP contribution in [0.25, 0.3) is 0 Å². The number of ether oxygens (including phenoxy) is 1. The second-order valence-corrected chi connectivity index (χ2v) is 4.48. The molecule has 0 radical (unpaired) electrons. The Bertz CT molecular complexity index is 352. The maximum atomic E-state index is 11.6. The molecule has 1 aliphatic rings. The molecule has 1 saturated heterocycles. The van der Waals surface area contributed by atoms with Gasteiger partial charge in [-0.15, -0.1) is 0 Å². The lowest BCUT2D eigenvalue weighted by Crippen LogP contribution is -2.50. The normalized spacial score (nSPS) is 30.3. The second kappa shape index (κ2) is 8.00. The van der Waals surface area contributed by atoms with Gasteiger partial charge in [0.1, 0.15) is 18.3 Å². The first-order valence-electron chi connectivity index (χ1n) is 6.49. The molecule has 9 nitrogen and oxygen atoms in total. The molecular formula is C11H22N4O5. The summed E-state index contributed by atoms with van der Waals surface area (Å²) in [7, 11) is 0. The Labute approximate surface area is 116 Å². The number of amides is 2. The molecular weight excluding hydrogens is 268 g/mol. The van der Waals surface area contributed by atoms with E-state index < -0.39 is 37.2 Å². The first-order chi connectivity index (χ1) is 9.49. The smallest absolute Gasteiger partial charge is 0.323 e. The summed E-state index contributed by atoms with van der Waals surface area (Å²) in [6.07, 6.45) is -2.82. The molecule has 0 bridgehead atoms. The fraction of sp³-hybridized carbons (Fsp3) is 0.818. The number of hydrogen-bond acceptors (Lipinski definition) is 6. The van der Waals surface area contributed by atoms with Crippen LogP contribution < -0.4 is 16.4 Å². The molecule has 0 saturated carbocycles. The molecule has 4 atom stereocenters. The van der Waals surface area contributed by atoms with Crippen LogP contribution in [-0.4, -0.2) is 65.0 Å². The average molecular weight is 290 g/mol. The molecule has 20 heavy (non-hydrogen) atoms. The van der Waals surface area contributed by atoms with E-state index in [4.69, 9.17) is 15.6 Å². The van der Waals surface area contributed by atoms with Crippen molar-refractivity contribution in [2.45, 2.75) is 44.3 Å². The van der Waals surface area contributed by atoms with Crippen molar-refractivity contribution < 1.29 is 24.9 Å². The first kappa shape index (κ1) is 16.6. The minimum absolute atomic E-state index is 0.0392. The van der Waals surface area contributed by atoms with Crippen molar-refractivity contribution in [3.05, 3.63) is 0 Å². The van der Waals surface area contributed by atoms with E-state index >= 15 is 0 Å². The number of carbonyl (C=O) groups excluding carboxylic acids is 1. The third-order valence-corrected chi connectivity index (χ3v) is 2.85. The topological polar surface area (TPSA) is 149 Å². The third kappa shape index (κ3) is 4.60. The zero-order chi connectivity index (χ0) is 15.1. The number of guanidine groups is 1. The summed E-state index contributed by atoms with van der Waals surface area (Å²) in [4.78, 5) is 15.5. The molecule has 116 valence electrons. The predicted octanol–water partition coefficient (Wildman–Crippen LogP) is -2.16. The highest BCUT2D eigenvalue weighted by Gasteiger charge is 2.43. The summed E-state index contributed by atoms with van der Waals surface area (Å²) in [5, 5.41) is 32.6. The number of aliphatic hydroxyl groups is 3. The molecule has 0 aromatic heterocycles. The summed E-state index contributed by atoms with van der Waals surface area (Å²) in [6.45, 7) is 2.06.